The van der Waals surface area contributed by atoms with Crippen LogP contribution in [0, 0.1) is 6.92 Å². The van der Waals surface area contributed by atoms with Crippen molar-refractivity contribution in [2.24, 2.45) is 0 Å². The average molecular weight is 441 g/mol. The summed E-state index contributed by atoms with van der Waals surface area (Å²) in [4.78, 5) is 25.0. The summed E-state index contributed by atoms with van der Waals surface area (Å²) in [5.74, 6) is 0.585. The van der Waals surface area contributed by atoms with Gasteiger partial charge in [0.2, 0.25) is 5.91 Å². The average Bonchev–Trinajstić information content (AvgIpc) is 2.86. The zero-order valence-corrected chi connectivity index (χ0v) is 19.3. The molecule has 0 aromatic heterocycles. The number of hydrogen-bond acceptors (Lipinski definition) is 3. The SMILES string of the molecule is Cc1ccc(NC(=O)CCCC(=O)c2ccc(-c3ccccc3)cc2)cc1C1CCNCC1. The molecule has 1 aliphatic heterocycles. The molecule has 2 N–H and O–H groups in total. The van der Waals surface area contributed by atoms with Crippen LogP contribution in [0.5, 0.6) is 0 Å². The molecule has 33 heavy (non-hydrogen) atoms. The number of amides is 1. The lowest BCUT2D eigenvalue weighted by molar-refractivity contribution is -0.116. The Morgan fingerprint density at radius 3 is 2.30 bits per heavy atom. The second-order valence-corrected chi connectivity index (χ2v) is 8.86. The van der Waals surface area contributed by atoms with Gasteiger partial charge < -0.3 is 10.6 Å². The number of rotatable bonds is 8. The van der Waals surface area contributed by atoms with Gasteiger partial charge in [-0.05, 0) is 79.6 Å². The number of anilines is 1. The van der Waals surface area contributed by atoms with Gasteiger partial charge in [-0.25, -0.2) is 0 Å². The quantitative estimate of drug-likeness (QED) is 0.415. The first-order chi connectivity index (χ1) is 16.1. The molecule has 170 valence electrons. The topological polar surface area (TPSA) is 58.2 Å². The van der Waals surface area contributed by atoms with Crippen LogP contribution < -0.4 is 10.6 Å². The van der Waals surface area contributed by atoms with Gasteiger partial charge in [0.25, 0.3) is 0 Å². The van der Waals surface area contributed by atoms with E-state index in [1.54, 1.807) is 0 Å². The van der Waals surface area contributed by atoms with E-state index in [0.717, 1.165) is 42.7 Å². The van der Waals surface area contributed by atoms with Crippen LogP contribution in [0.2, 0.25) is 0 Å². The minimum atomic E-state index is -0.0395. The Balaban J connectivity index is 1.27. The van der Waals surface area contributed by atoms with E-state index in [1.165, 1.54) is 11.1 Å². The number of piperidine rings is 1. The summed E-state index contributed by atoms with van der Waals surface area (Å²) in [6, 6.07) is 24.0. The largest absolute Gasteiger partial charge is 0.326 e. The fraction of sp³-hybridized carbons (Fsp3) is 0.310. The van der Waals surface area contributed by atoms with Crippen LogP contribution in [0.3, 0.4) is 0 Å². The molecule has 1 heterocycles. The van der Waals surface area contributed by atoms with Crippen LogP contribution in [0.25, 0.3) is 11.1 Å². The second kappa shape index (κ2) is 11.1. The number of aryl methyl sites for hydroxylation is 1. The van der Waals surface area contributed by atoms with Gasteiger partial charge in [-0.2, -0.15) is 0 Å². The maximum atomic E-state index is 12.6. The lowest BCUT2D eigenvalue weighted by Crippen LogP contribution is -2.27. The zero-order valence-electron chi connectivity index (χ0n) is 19.3. The van der Waals surface area contributed by atoms with Crippen molar-refractivity contribution in [2.45, 2.75) is 44.9 Å². The van der Waals surface area contributed by atoms with Gasteiger partial charge >= 0.3 is 0 Å². The Morgan fingerprint density at radius 1 is 0.879 bits per heavy atom. The summed E-state index contributed by atoms with van der Waals surface area (Å²) < 4.78 is 0. The number of carbonyl (C=O) groups excluding carboxylic acids is 2. The van der Waals surface area contributed by atoms with E-state index in [1.807, 2.05) is 48.5 Å². The summed E-state index contributed by atoms with van der Waals surface area (Å²) in [6.45, 7) is 4.23. The normalized spacial score (nSPS) is 14.1. The Labute approximate surface area is 196 Å². The molecule has 4 heteroatoms. The summed E-state index contributed by atoms with van der Waals surface area (Å²) in [5, 5.41) is 6.43. The van der Waals surface area contributed by atoms with Crippen molar-refractivity contribution in [1.29, 1.82) is 0 Å². The number of Topliss-reactive ketones (excluding diaryl/α,β-unsaturated/α-hetero) is 1. The summed E-state index contributed by atoms with van der Waals surface area (Å²) in [5.41, 5.74) is 6.38. The van der Waals surface area contributed by atoms with Crippen LogP contribution in [-0.2, 0) is 4.79 Å². The molecule has 0 saturated carbocycles. The first-order valence-corrected chi connectivity index (χ1v) is 11.9. The molecule has 0 radical (unpaired) electrons. The molecule has 1 aliphatic rings. The van der Waals surface area contributed by atoms with Gasteiger partial charge in [0.1, 0.15) is 0 Å². The van der Waals surface area contributed by atoms with Crippen molar-refractivity contribution in [2.75, 3.05) is 18.4 Å². The van der Waals surface area contributed by atoms with Gasteiger partial charge in [-0.3, -0.25) is 9.59 Å². The smallest absolute Gasteiger partial charge is 0.224 e. The van der Waals surface area contributed by atoms with Crippen molar-refractivity contribution in [3.05, 3.63) is 89.5 Å². The highest BCUT2D eigenvalue weighted by atomic mass is 16.1. The number of carbonyl (C=O) groups is 2. The van der Waals surface area contributed by atoms with Crippen molar-refractivity contribution in [3.8, 4) is 11.1 Å². The van der Waals surface area contributed by atoms with E-state index >= 15 is 0 Å². The third-order valence-corrected chi connectivity index (χ3v) is 6.46. The molecule has 4 rings (SSSR count). The Bertz CT molecular complexity index is 1080. The van der Waals surface area contributed by atoms with Gasteiger partial charge in [-0.1, -0.05) is 60.7 Å². The molecule has 0 unspecified atom stereocenters. The molecular weight excluding hydrogens is 408 g/mol. The molecule has 1 fully saturated rings. The minimum Gasteiger partial charge on any atom is -0.326 e. The second-order valence-electron chi connectivity index (χ2n) is 8.86. The molecule has 0 bridgehead atoms. The highest BCUT2D eigenvalue weighted by molar-refractivity contribution is 5.97. The third-order valence-electron chi connectivity index (χ3n) is 6.46. The molecule has 0 atom stereocenters. The van der Waals surface area contributed by atoms with Crippen molar-refractivity contribution >= 4 is 17.4 Å². The van der Waals surface area contributed by atoms with Gasteiger partial charge in [0.15, 0.2) is 5.78 Å². The van der Waals surface area contributed by atoms with E-state index < -0.39 is 0 Å². The number of hydrogen-bond donors (Lipinski definition) is 2. The van der Waals surface area contributed by atoms with E-state index in [9.17, 15) is 9.59 Å². The maximum absolute atomic E-state index is 12.6. The highest BCUT2D eigenvalue weighted by Gasteiger charge is 2.18. The van der Waals surface area contributed by atoms with E-state index in [0.29, 0.717) is 30.7 Å². The van der Waals surface area contributed by atoms with Crippen LogP contribution in [-0.4, -0.2) is 24.8 Å². The summed E-state index contributed by atoms with van der Waals surface area (Å²) >= 11 is 0. The van der Waals surface area contributed by atoms with E-state index in [2.05, 4.69) is 41.8 Å². The molecule has 1 saturated heterocycles. The number of nitrogens with one attached hydrogen (secondary N) is 2. The summed E-state index contributed by atoms with van der Waals surface area (Å²) in [6.07, 6.45) is 3.51. The predicted molar refractivity (Wildman–Crippen MR) is 135 cm³/mol. The lowest BCUT2D eigenvalue weighted by Gasteiger charge is -2.25. The third kappa shape index (κ3) is 6.17. The van der Waals surface area contributed by atoms with Crippen LogP contribution >= 0.6 is 0 Å². The molecule has 0 spiro atoms. The molecule has 3 aromatic rings. The van der Waals surface area contributed by atoms with Crippen LogP contribution in [0.1, 0.15) is 59.5 Å². The van der Waals surface area contributed by atoms with E-state index in [-0.39, 0.29) is 11.7 Å². The fourth-order valence-corrected chi connectivity index (χ4v) is 4.55. The van der Waals surface area contributed by atoms with Crippen molar-refractivity contribution in [1.82, 2.24) is 5.32 Å². The monoisotopic (exact) mass is 440 g/mol. The van der Waals surface area contributed by atoms with Crippen LogP contribution in [0.4, 0.5) is 5.69 Å². The highest BCUT2D eigenvalue weighted by Crippen LogP contribution is 2.30. The van der Waals surface area contributed by atoms with Crippen molar-refractivity contribution in [3.63, 3.8) is 0 Å². The molecule has 0 aliphatic carbocycles. The Kier molecular flexibility index (Phi) is 7.69. The standard InChI is InChI=1S/C29H32N2O2/c1-21-10-15-26(20-27(21)24-16-18-30-19-17-24)31-29(33)9-5-8-28(32)25-13-11-23(12-14-25)22-6-3-2-4-7-22/h2-4,6-7,10-15,20,24,30H,5,8-9,16-19H2,1H3,(H,31,33). The number of ketones is 1. The first-order valence-electron chi connectivity index (χ1n) is 11.9. The maximum Gasteiger partial charge on any atom is 0.224 e. The van der Waals surface area contributed by atoms with E-state index in [4.69, 9.17) is 0 Å². The number of benzene rings is 3. The molecule has 3 aromatic carbocycles. The zero-order chi connectivity index (χ0) is 23.0. The van der Waals surface area contributed by atoms with Gasteiger partial charge in [-0.15, -0.1) is 0 Å². The van der Waals surface area contributed by atoms with Gasteiger partial charge in [0.05, 0.1) is 0 Å². The Morgan fingerprint density at radius 2 is 1.58 bits per heavy atom. The lowest BCUT2D eigenvalue weighted by atomic mass is 9.87. The Hall–Kier alpha value is -3.24. The molecule has 4 nitrogen and oxygen atoms in total. The van der Waals surface area contributed by atoms with Crippen molar-refractivity contribution < 1.29 is 9.59 Å². The predicted octanol–water partition coefficient (Wildman–Crippen LogP) is 6.12. The fourth-order valence-electron chi connectivity index (χ4n) is 4.55. The minimum absolute atomic E-state index is 0.0395. The van der Waals surface area contributed by atoms with Crippen LogP contribution in [0.15, 0.2) is 72.8 Å². The summed E-state index contributed by atoms with van der Waals surface area (Å²) in [7, 11) is 0. The molecule has 1 amide bonds. The first kappa shape index (κ1) is 22.9. The molecular formula is C29H32N2O2. The van der Waals surface area contributed by atoms with Gasteiger partial charge in [0, 0.05) is 24.1 Å².